The number of carbonyl (C=O) groups excluding carboxylic acids is 1. The van der Waals surface area contributed by atoms with Crippen molar-refractivity contribution >= 4 is 39.2 Å². The molecule has 1 fully saturated rings. The Kier molecular flexibility index (Phi) is 7.90. The largest absolute Gasteiger partial charge is 0.444 e. The Balaban J connectivity index is 1.44. The van der Waals surface area contributed by atoms with Gasteiger partial charge in [-0.3, -0.25) is 0 Å². The van der Waals surface area contributed by atoms with Gasteiger partial charge in [0.25, 0.3) is 0 Å². The van der Waals surface area contributed by atoms with E-state index in [9.17, 15) is 13.2 Å². The molecule has 1 N–H and O–H groups in total. The number of alkyl carbamates (subject to hydrolysis) is 1. The molecule has 35 heavy (non-hydrogen) atoms. The highest BCUT2D eigenvalue weighted by Gasteiger charge is 2.36. The number of sulfonamides is 1. The van der Waals surface area contributed by atoms with Crippen LogP contribution in [0, 0.1) is 0 Å². The molecule has 2 heterocycles. The standard InChI is InChI=1S/C26H30N2O4S3/c1-26(2,3)32-25(29)27-18-21-14-15-24(34-21)33-20-11-7-12-22(17-20)35(30,31)28-16-8-13-23(28)19-9-5-4-6-10-19/h4-7,9-12,14-15,17,23H,8,13,16,18H2,1-3H3,(H,27,29). The van der Waals surface area contributed by atoms with E-state index in [1.54, 1.807) is 33.8 Å². The molecule has 1 amide bonds. The van der Waals surface area contributed by atoms with Crippen LogP contribution in [0.15, 0.2) is 80.7 Å². The van der Waals surface area contributed by atoms with Gasteiger partial charge in [-0.05, 0) is 69.5 Å². The smallest absolute Gasteiger partial charge is 0.407 e. The molecule has 0 spiro atoms. The summed E-state index contributed by atoms with van der Waals surface area (Å²) in [5.74, 6) is 0. The van der Waals surface area contributed by atoms with Gasteiger partial charge in [0.1, 0.15) is 5.60 Å². The van der Waals surface area contributed by atoms with Crippen molar-refractivity contribution in [2.45, 2.75) is 65.8 Å². The summed E-state index contributed by atoms with van der Waals surface area (Å²) in [6, 6.07) is 20.8. The third-order valence-electron chi connectivity index (χ3n) is 5.46. The second kappa shape index (κ2) is 10.7. The van der Waals surface area contributed by atoms with E-state index < -0.39 is 21.7 Å². The number of hydrogen-bond donors (Lipinski definition) is 1. The van der Waals surface area contributed by atoms with Crippen molar-refractivity contribution in [1.82, 2.24) is 9.62 Å². The minimum atomic E-state index is -3.62. The van der Waals surface area contributed by atoms with Gasteiger partial charge in [-0.25, -0.2) is 13.2 Å². The van der Waals surface area contributed by atoms with Gasteiger partial charge in [-0.1, -0.05) is 48.2 Å². The SMILES string of the molecule is CC(C)(C)OC(=O)NCc1ccc(Sc2cccc(S(=O)(=O)N3CCCC3c3ccccc3)c2)s1. The van der Waals surface area contributed by atoms with Gasteiger partial charge < -0.3 is 10.1 Å². The number of carbonyl (C=O) groups is 1. The topological polar surface area (TPSA) is 75.7 Å². The van der Waals surface area contributed by atoms with Crippen LogP contribution in [0.2, 0.25) is 0 Å². The number of rotatable bonds is 7. The lowest BCUT2D eigenvalue weighted by molar-refractivity contribution is 0.0524. The summed E-state index contributed by atoms with van der Waals surface area (Å²) in [6.45, 7) is 6.38. The normalized spacial score (nSPS) is 16.8. The van der Waals surface area contributed by atoms with Crippen LogP contribution >= 0.6 is 23.1 Å². The van der Waals surface area contributed by atoms with E-state index in [1.165, 1.54) is 11.8 Å². The average molecular weight is 531 g/mol. The molecule has 1 atom stereocenters. The molecule has 9 heteroatoms. The van der Waals surface area contributed by atoms with Gasteiger partial charge in [-0.2, -0.15) is 4.31 Å². The second-order valence-corrected chi connectivity index (χ2v) is 13.8. The molecule has 0 radical (unpaired) electrons. The highest BCUT2D eigenvalue weighted by atomic mass is 32.2. The Morgan fingerprint density at radius 3 is 2.63 bits per heavy atom. The fraction of sp³-hybridized carbons (Fsp3) is 0.346. The predicted octanol–water partition coefficient (Wildman–Crippen LogP) is 6.45. The summed E-state index contributed by atoms with van der Waals surface area (Å²) in [5, 5.41) is 2.77. The van der Waals surface area contributed by atoms with Gasteiger partial charge in [0, 0.05) is 16.3 Å². The summed E-state index contributed by atoms with van der Waals surface area (Å²) < 4.78 is 35.0. The molecule has 6 nitrogen and oxygen atoms in total. The average Bonchev–Trinajstić information content (AvgIpc) is 3.48. The van der Waals surface area contributed by atoms with Crippen molar-refractivity contribution in [3.63, 3.8) is 0 Å². The van der Waals surface area contributed by atoms with Crippen molar-refractivity contribution in [3.8, 4) is 0 Å². The molecule has 1 aliphatic rings. The molecule has 1 aliphatic heterocycles. The summed E-state index contributed by atoms with van der Waals surface area (Å²) >= 11 is 3.07. The lowest BCUT2D eigenvalue weighted by atomic mass is 10.1. The van der Waals surface area contributed by atoms with Gasteiger partial charge >= 0.3 is 6.09 Å². The van der Waals surface area contributed by atoms with Crippen molar-refractivity contribution in [1.29, 1.82) is 0 Å². The fourth-order valence-corrected chi connectivity index (χ4v) is 7.92. The fourth-order valence-electron chi connectivity index (χ4n) is 3.97. The van der Waals surface area contributed by atoms with Crippen LogP contribution in [0.1, 0.15) is 50.1 Å². The van der Waals surface area contributed by atoms with E-state index in [0.717, 1.165) is 32.4 Å². The molecule has 2 aromatic carbocycles. The molecule has 1 unspecified atom stereocenters. The molecule has 3 aromatic rings. The van der Waals surface area contributed by atoms with Crippen molar-refractivity contribution in [2.24, 2.45) is 0 Å². The third kappa shape index (κ3) is 6.67. The van der Waals surface area contributed by atoms with Crippen LogP contribution in [-0.4, -0.2) is 31.0 Å². The summed E-state index contributed by atoms with van der Waals surface area (Å²) in [4.78, 5) is 14.0. The Labute approximate surface area is 215 Å². The Bertz CT molecular complexity index is 1270. The zero-order chi connectivity index (χ0) is 25.1. The number of nitrogens with zero attached hydrogens (tertiary/aromatic N) is 1. The number of ether oxygens (including phenoxy) is 1. The lowest BCUT2D eigenvalue weighted by Gasteiger charge is -2.24. The first-order valence-electron chi connectivity index (χ1n) is 11.5. The van der Waals surface area contributed by atoms with Gasteiger partial charge in [0.2, 0.25) is 10.0 Å². The maximum absolute atomic E-state index is 13.5. The van der Waals surface area contributed by atoms with Gasteiger partial charge in [0.15, 0.2) is 0 Å². The first-order chi connectivity index (χ1) is 16.6. The summed E-state index contributed by atoms with van der Waals surface area (Å²) in [5.41, 5.74) is 0.493. The highest BCUT2D eigenvalue weighted by Crippen LogP contribution is 2.38. The van der Waals surface area contributed by atoms with Gasteiger partial charge in [-0.15, -0.1) is 11.3 Å². The molecule has 1 saturated heterocycles. The minimum Gasteiger partial charge on any atom is -0.444 e. The Morgan fingerprint density at radius 2 is 1.89 bits per heavy atom. The number of amides is 1. The zero-order valence-electron chi connectivity index (χ0n) is 20.1. The van der Waals surface area contributed by atoms with Crippen LogP contribution < -0.4 is 5.32 Å². The monoisotopic (exact) mass is 530 g/mol. The number of benzene rings is 2. The van der Waals surface area contributed by atoms with E-state index in [4.69, 9.17) is 4.74 Å². The Morgan fingerprint density at radius 1 is 1.11 bits per heavy atom. The van der Waals surface area contributed by atoms with Crippen molar-refractivity contribution in [3.05, 3.63) is 77.2 Å². The molecular formula is C26H30N2O4S3. The van der Waals surface area contributed by atoms with E-state index in [-0.39, 0.29) is 6.04 Å². The minimum absolute atomic E-state index is 0.130. The van der Waals surface area contributed by atoms with Crippen molar-refractivity contribution in [2.75, 3.05) is 6.54 Å². The number of nitrogens with one attached hydrogen (secondary N) is 1. The number of thiophene rings is 1. The van der Waals surface area contributed by atoms with Crippen LogP contribution in [0.4, 0.5) is 4.79 Å². The van der Waals surface area contributed by atoms with E-state index in [2.05, 4.69) is 5.32 Å². The molecule has 0 aliphatic carbocycles. The molecular weight excluding hydrogens is 500 g/mol. The van der Waals surface area contributed by atoms with Crippen LogP contribution in [-0.2, 0) is 21.3 Å². The van der Waals surface area contributed by atoms with Crippen LogP contribution in [0.25, 0.3) is 0 Å². The predicted molar refractivity (Wildman–Crippen MR) is 140 cm³/mol. The van der Waals surface area contributed by atoms with Crippen LogP contribution in [0.3, 0.4) is 0 Å². The van der Waals surface area contributed by atoms with Crippen molar-refractivity contribution < 1.29 is 17.9 Å². The van der Waals surface area contributed by atoms with Crippen LogP contribution in [0.5, 0.6) is 0 Å². The molecule has 0 bridgehead atoms. The first kappa shape index (κ1) is 25.8. The molecule has 1 aromatic heterocycles. The van der Waals surface area contributed by atoms with E-state index >= 15 is 0 Å². The zero-order valence-corrected chi connectivity index (χ0v) is 22.5. The summed E-state index contributed by atoms with van der Waals surface area (Å²) in [6.07, 6.45) is 1.23. The molecule has 186 valence electrons. The highest BCUT2D eigenvalue weighted by molar-refractivity contribution is 8.01. The van der Waals surface area contributed by atoms with E-state index in [0.29, 0.717) is 18.0 Å². The first-order valence-corrected chi connectivity index (χ1v) is 14.6. The molecule has 4 rings (SSSR count). The maximum Gasteiger partial charge on any atom is 0.407 e. The third-order valence-corrected chi connectivity index (χ3v) is 9.57. The summed E-state index contributed by atoms with van der Waals surface area (Å²) in [7, 11) is -3.62. The van der Waals surface area contributed by atoms with Gasteiger partial charge in [0.05, 0.1) is 21.7 Å². The maximum atomic E-state index is 13.5. The molecule has 0 saturated carbocycles. The second-order valence-electron chi connectivity index (χ2n) is 9.34. The van der Waals surface area contributed by atoms with E-state index in [1.807, 2.05) is 69.3 Å². The lowest BCUT2D eigenvalue weighted by Crippen LogP contribution is -2.31. The number of hydrogen-bond acceptors (Lipinski definition) is 6. The Hall–Kier alpha value is -2.33. The quantitative estimate of drug-likeness (QED) is 0.380.